The lowest BCUT2D eigenvalue weighted by Gasteiger charge is -2.18. The summed E-state index contributed by atoms with van der Waals surface area (Å²) in [5.41, 5.74) is 10.1. The Labute approximate surface area is 111 Å². The fourth-order valence-corrected chi connectivity index (χ4v) is 2.27. The second-order valence-corrected chi connectivity index (χ2v) is 4.84. The Hall–Kier alpha value is -1.38. The molecule has 2 aromatic rings. The summed E-state index contributed by atoms with van der Waals surface area (Å²) < 4.78 is 13.3. The van der Waals surface area contributed by atoms with E-state index in [-0.39, 0.29) is 5.82 Å². The van der Waals surface area contributed by atoms with Gasteiger partial charge in [-0.05, 0) is 54.3 Å². The molecule has 2 N–H and O–H groups in total. The van der Waals surface area contributed by atoms with Crippen molar-refractivity contribution in [3.8, 4) is 0 Å². The Balaban J connectivity index is 2.51. The normalized spacial score (nSPS) is 12.5. The first-order valence-electron chi connectivity index (χ1n) is 5.77. The molecule has 3 heteroatoms. The zero-order valence-corrected chi connectivity index (χ0v) is 11.1. The molecule has 0 aromatic heterocycles. The Kier molecular flexibility index (Phi) is 3.69. The molecule has 0 amide bonds. The highest BCUT2D eigenvalue weighted by Crippen LogP contribution is 2.29. The zero-order chi connectivity index (χ0) is 13.3. The number of hydrogen-bond donors (Lipinski definition) is 1. The van der Waals surface area contributed by atoms with Gasteiger partial charge in [-0.15, -0.1) is 0 Å². The second-order valence-electron chi connectivity index (χ2n) is 4.43. The summed E-state index contributed by atoms with van der Waals surface area (Å²) >= 11 is 6.09. The molecule has 1 nitrogen and oxygen atoms in total. The van der Waals surface area contributed by atoms with E-state index in [0.717, 1.165) is 16.7 Å². The number of rotatable bonds is 2. The van der Waals surface area contributed by atoms with Gasteiger partial charge in [0.2, 0.25) is 0 Å². The van der Waals surface area contributed by atoms with E-state index in [1.807, 2.05) is 32.0 Å². The minimum Gasteiger partial charge on any atom is -0.320 e. The van der Waals surface area contributed by atoms with E-state index >= 15 is 0 Å². The van der Waals surface area contributed by atoms with Gasteiger partial charge < -0.3 is 5.73 Å². The van der Waals surface area contributed by atoms with Crippen LogP contribution < -0.4 is 5.73 Å². The molecule has 0 spiro atoms. The maximum atomic E-state index is 13.3. The van der Waals surface area contributed by atoms with Crippen LogP contribution in [0.1, 0.15) is 28.3 Å². The predicted molar refractivity (Wildman–Crippen MR) is 73.4 cm³/mol. The van der Waals surface area contributed by atoms with E-state index in [0.29, 0.717) is 10.6 Å². The van der Waals surface area contributed by atoms with Crippen LogP contribution in [0.5, 0.6) is 0 Å². The molecule has 0 saturated heterocycles. The lowest BCUT2D eigenvalue weighted by molar-refractivity contribution is 0.623. The van der Waals surface area contributed by atoms with Crippen molar-refractivity contribution >= 4 is 11.6 Å². The van der Waals surface area contributed by atoms with Crippen LogP contribution in [-0.4, -0.2) is 0 Å². The van der Waals surface area contributed by atoms with Gasteiger partial charge in [-0.3, -0.25) is 0 Å². The number of benzene rings is 2. The molecular weight excluding hydrogens is 249 g/mol. The van der Waals surface area contributed by atoms with E-state index < -0.39 is 6.04 Å². The van der Waals surface area contributed by atoms with Crippen LogP contribution in [0.25, 0.3) is 0 Å². The molecule has 0 radical (unpaired) electrons. The Morgan fingerprint density at radius 1 is 1.11 bits per heavy atom. The molecule has 1 atom stereocenters. The second kappa shape index (κ2) is 5.09. The minimum absolute atomic E-state index is 0.324. The van der Waals surface area contributed by atoms with Gasteiger partial charge in [0.05, 0.1) is 6.04 Å². The molecule has 0 saturated carbocycles. The van der Waals surface area contributed by atoms with Crippen molar-refractivity contribution in [2.45, 2.75) is 19.9 Å². The van der Waals surface area contributed by atoms with Crippen LogP contribution in [0, 0.1) is 19.7 Å². The molecule has 0 aliphatic heterocycles. The summed E-state index contributed by atoms with van der Waals surface area (Å²) in [4.78, 5) is 0. The van der Waals surface area contributed by atoms with Crippen LogP contribution in [-0.2, 0) is 0 Å². The number of aryl methyl sites for hydroxylation is 1. The monoisotopic (exact) mass is 263 g/mol. The fourth-order valence-electron chi connectivity index (χ4n) is 2.03. The van der Waals surface area contributed by atoms with Crippen LogP contribution in [0.2, 0.25) is 5.02 Å². The van der Waals surface area contributed by atoms with Gasteiger partial charge in [-0.1, -0.05) is 29.8 Å². The lowest BCUT2D eigenvalue weighted by atomic mass is 9.93. The van der Waals surface area contributed by atoms with Crippen molar-refractivity contribution in [1.29, 1.82) is 0 Å². The van der Waals surface area contributed by atoms with E-state index in [1.165, 1.54) is 18.2 Å². The van der Waals surface area contributed by atoms with Gasteiger partial charge in [-0.25, -0.2) is 4.39 Å². The number of hydrogen-bond acceptors (Lipinski definition) is 1. The highest BCUT2D eigenvalue weighted by molar-refractivity contribution is 6.31. The first-order chi connectivity index (χ1) is 8.50. The van der Waals surface area contributed by atoms with E-state index in [4.69, 9.17) is 17.3 Å². The van der Waals surface area contributed by atoms with Crippen molar-refractivity contribution < 1.29 is 4.39 Å². The Bertz CT molecular complexity index is 579. The van der Waals surface area contributed by atoms with Crippen molar-refractivity contribution in [3.05, 3.63) is 69.5 Å². The van der Waals surface area contributed by atoms with Gasteiger partial charge in [0.1, 0.15) is 5.82 Å². The average molecular weight is 264 g/mol. The minimum atomic E-state index is -0.409. The van der Waals surface area contributed by atoms with Crippen molar-refractivity contribution in [2.75, 3.05) is 0 Å². The summed E-state index contributed by atoms with van der Waals surface area (Å²) in [7, 11) is 0. The first kappa shape index (κ1) is 13.1. The van der Waals surface area contributed by atoms with Crippen LogP contribution in [0.3, 0.4) is 0 Å². The SMILES string of the molecule is Cc1cccc(C(N)c2cc(F)ccc2Cl)c1C. The maximum absolute atomic E-state index is 13.3. The molecule has 2 rings (SSSR count). The van der Waals surface area contributed by atoms with Gasteiger partial charge in [0.25, 0.3) is 0 Å². The van der Waals surface area contributed by atoms with Crippen LogP contribution >= 0.6 is 11.6 Å². The zero-order valence-electron chi connectivity index (χ0n) is 10.4. The summed E-state index contributed by atoms with van der Waals surface area (Å²) in [6.45, 7) is 4.04. The Morgan fingerprint density at radius 2 is 1.83 bits per heavy atom. The summed E-state index contributed by atoms with van der Waals surface area (Å²) in [5.74, 6) is -0.324. The van der Waals surface area contributed by atoms with Crippen molar-refractivity contribution in [1.82, 2.24) is 0 Å². The molecule has 1 unspecified atom stereocenters. The predicted octanol–water partition coefficient (Wildman–Crippen LogP) is 4.14. The van der Waals surface area contributed by atoms with Crippen molar-refractivity contribution in [2.24, 2.45) is 5.73 Å². The van der Waals surface area contributed by atoms with Gasteiger partial charge in [-0.2, -0.15) is 0 Å². The van der Waals surface area contributed by atoms with Gasteiger partial charge in [0, 0.05) is 5.02 Å². The quantitative estimate of drug-likeness (QED) is 0.866. The third-order valence-corrected chi connectivity index (χ3v) is 3.62. The van der Waals surface area contributed by atoms with Crippen LogP contribution in [0.4, 0.5) is 4.39 Å². The number of nitrogens with two attached hydrogens (primary N) is 1. The molecule has 2 aromatic carbocycles. The summed E-state index contributed by atoms with van der Waals surface area (Å²) in [6.07, 6.45) is 0. The molecule has 0 aliphatic carbocycles. The highest BCUT2D eigenvalue weighted by Gasteiger charge is 2.15. The average Bonchev–Trinajstić information content (AvgIpc) is 2.35. The Morgan fingerprint density at radius 3 is 2.56 bits per heavy atom. The molecule has 0 fully saturated rings. The highest BCUT2D eigenvalue weighted by atomic mass is 35.5. The molecule has 0 aliphatic rings. The fraction of sp³-hybridized carbons (Fsp3) is 0.200. The van der Waals surface area contributed by atoms with E-state index in [2.05, 4.69) is 0 Å². The summed E-state index contributed by atoms with van der Waals surface area (Å²) in [5, 5.41) is 0.491. The first-order valence-corrected chi connectivity index (χ1v) is 6.15. The molecule has 18 heavy (non-hydrogen) atoms. The largest absolute Gasteiger partial charge is 0.320 e. The van der Waals surface area contributed by atoms with Crippen LogP contribution in [0.15, 0.2) is 36.4 Å². The van der Waals surface area contributed by atoms with Crippen molar-refractivity contribution in [3.63, 3.8) is 0 Å². The van der Waals surface area contributed by atoms with E-state index in [9.17, 15) is 4.39 Å². The van der Waals surface area contributed by atoms with E-state index in [1.54, 1.807) is 0 Å². The maximum Gasteiger partial charge on any atom is 0.123 e. The van der Waals surface area contributed by atoms with Gasteiger partial charge >= 0.3 is 0 Å². The smallest absolute Gasteiger partial charge is 0.123 e. The molecule has 94 valence electrons. The number of halogens is 2. The standard InChI is InChI=1S/C15H15ClFN/c1-9-4-3-5-12(10(9)2)15(18)13-8-11(17)6-7-14(13)16/h3-8,15H,18H2,1-2H3. The molecule has 0 bridgehead atoms. The molecular formula is C15H15ClFN. The summed E-state index contributed by atoms with van der Waals surface area (Å²) in [6, 6.07) is 9.79. The third kappa shape index (κ3) is 2.40. The van der Waals surface area contributed by atoms with Gasteiger partial charge in [0.15, 0.2) is 0 Å². The topological polar surface area (TPSA) is 26.0 Å². The lowest BCUT2D eigenvalue weighted by Crippen LogP contribution is -2.14. The third-order valence-electron chi connectivity index (χ3n) is 3.27. The molecule has 0 heterocycles.